The Morgan fingerprint density at radius 2 is 1.82 bits per heavy atom. The second kappa shape index (κ2) is 10.6. The quantitative estimate of drug-likeness (QED) is 0.290. The average Bonchev–Trinajstić information content (AvgIpc) is 3.38. The first kappa shape index (κ1) is 27.1. The zero-order valence-electron chi connectivity index (χ0n) is 22.4. The highest BCUT2D eigenvalue weighted by molar-refractivity contribution is 5.98. The van der Waals surface area contributed by atoms with Crippen LogP contribution in [0.1, 0.15) is 69.2 Å². The number of phenols is 2. The van der Waals surface area contributed by atoms with Gasteiger partial charge in [-0.1, -0.05) is 0 Å². The molecule has 2 unspecified atom stereocenters. The van der Waals surface area contributed by atoms with Crippen molar-refractivity contribution < 1.29 is 48.6 Å². The maximum Gasteiger partial charge on any atom is 0.306 e. The number of aromatic nitrogens is 1. The molecule has 2 aliphatic rings. The Morgan fingerprint density at radius 1 is 1.07 bits per heavy atom. The summed E-state index contributed by atoms with van der Waals surface area (Å²) in [6.07, 6.45) is 0.302. The van der Waals surface area contributed by atoms with Gasteiger partial charge in [0.25, 0.3) is 0 Å². The first-order valence-corrected chi connectivity index (χ1v) is 12.6. The van der Waals surface area contributed by atoms with Crippen molar-refractivity contribution in [1.29, 1.82) is 0 Å². The van der Waals surface area contributed by atoms with Crippen molar-refractivity contribution in [3.8, 4) is 34.5 Å². The van der Waals surface area contributed by atoms with Crippen molar-refractivity contribution in [2.45, 2.75) is 38.9 Å². The van der Waals surface area contributed by atoms with Gasteiger partial charge in [0, 0.05) is 34.4 Å². The Hall–Kier alpha value is -4.51. The van der Waals surface area contributed by atoms with Gasteiger partial charge < -0.3 is 39.0 Å². The molecular weight excluding hydrogens is 522 g/mol. The molecule has 0 fully saturated rings. The number of hydrogen-bond acceptors (Lipinski definition) is 11. The van der Waals surface area contributed by atoms with E-state index < -0.39 is 35.3 Å². The van der Waals surface area contributed by atoms with Crippen LogP contribution in [0.4, 0.5) is 0 Å². The highest BCUT2D eigenvalue weighted by atomic mass is 16.6. The van der Waals surface area contributed by atoms with E-state index >= 15 is 0 Å². The molecule has 1 aromatic heterocycles. The summed E-state index contributed by atoms with van der Waals surface area (Å²) in [7, 11) is 2.68. The molecule has 0 saturated carbocycles. The van der Waals surface area contributed by atoms with Crippen molar-refractivity contribution in [3.05, 3.63) is 63.5 Å². The number of nitrogens with zero attached hydrogens (tertiary/aromatic N) is 1. The lowest BCUT2D eigenvalue weighted by molar-refractivity contribution is -0.140. The van der Waals surface area contributed by atoms with E-state index in [1.54, 1.807) is 25.3 Å². The van der Waals surface area contributed by atoms with Crippen molar-refractivity contribution in [2.75, 3.05) is 27.4 Å². The third-order valence-corrected chi connectivity index (χ3v) is 7.23. The molecule has 11 nitrogen and oxygen atoms in total. The fourth-order valence-corrected chi connectivity index (χ4v) is 5.20. The number of hydrogen-bond donors (Lipinski definition) is 3. The molecule has 0 amide bonds. The molecule has 5 rings (SSSR count). The third kappa shape index (κ3) is 4.51. The van der Waals surface area contributed by atoms with Gasteiger partial charge in [0.15, 0.2) is 17.3 Å². The fraction of sp³-hybridized carbons (Fsp3) is 0.345. The number of methoxy groups -OCH3 is 2. The van der Waals surface area contributed by atoms with Crippen LogP contribution < -0.4 is 14.2 Å². The van der Waals surface area contributed by atoms with Crippen molar-refractivity contribution in [3.63, 3.8) is 0 Å². The Morgan fingerprint density at radius 3 is 2.52 bits per heavy atom. The SMILES string of the molecule is COC(=O)CC(c1cc(OC)c2c(c1)OCCO2)c1c(O)c(C(C)=O)cc(C2OCc3cnc(C)c(O)c32)c1O. The first-order valence-electron chi connectivity index (χ1n) is 12.6. The Bertz CT molecular complexity index is 1500. The topological polar surface area (TPSA) is 154 Å². The van der Waals surface area contributed by atoms with Gasteiger partial charge in [0.1, 0.15) is 36.6 Å². The summed E-state index contributed by atoms with van der Waals surface area (Å²) in [5, 5.41) is 33.9. The minimum absolute atomic E-state index is 0.0888. The molecule has 3 heterocycles. The molecule has 210 valence electrons. The fourth-order valence-electron chi connectivity index (χ4n) is 5.20. The molecule has 3 aromatic rings. The van der Waals surface area contributed by atoms with E-state index in [1.807, 2.05) is 0 Å². The van der Waals surface area contributed by atoms with E-state index in [9.17, 15) is 24.9 Å². The zero-order valence-corrected chi connectivity index (χ0v) is 22.4. The maximum absolute atomic E-state index is 12.7. The van der Waals surface area contributed by atoms with Crippen LogP contribution in [0.2, 0.25) is 0 Å². The standard InChI is InChI=1S/C29H29NO10/c1-13-25(33)23-16(11-30-13)12-40-28(23)19-9-17(14(2)31)26(34)24(27(19)35)18(10-22(32)37-4)15-7-20(36-3)29-21(8-15)38-5-6-39-29/h7-9,11,18,28,33-35H,5-6,10,12H2,1-4H3. The van der Waals surface area contributed by atoms with Crippen molar-refractivity contribution in [1.82, 2.24) is 4.98 Å². The van der Waals surface area contributed by atoms with E-state index in [4.69, 9.17) is 23.7 Å². The molecule has 2 atom stereocenters. The van der Waals surface area contributed by atoms with Gasteiger partial charge in [-0.05, 0) is 37.6 Å². The van der Waals surface area contributed by atoms with Crippen LogP contribution in [0.3, 0.4) is 0 Å². The highest BCUT2D eigenvalue weighted by Gasteiger charge is 2.37. The third-order valence-electron chi connectivity index (χ3n) is 7.23. The van der Waals surface area contributed by atoms with Gasteiger partial charge in [-0.2, -0.15) is 0 Å². The number of carbonyl (C=O) groups excluding carboxylic acids is 2. The van der Waals surface area contributed by atoms with E-state index in [1.165, 1.54) is 27.2 Å². The lowest BCUT2D eigenvalue weighted by atomic mass is 9.82. The summed E-state index contributed by atoms with van der Waals surface area (Å²) in [5.74, 6) is -2.05. The number of ether oxygens (including phenoxy) is 5. The number of aryl methyl sites for hydroxylation is 1. The molecule has 40 heavy (non-hydrogen) atoms. The molecule has 0 aliphatic carbocycles. The number of aromatic hydroxyl groups is 3. The molecule has 0 spiro atoms. The number of rotatable bonds is 7. The lowest BCUT2D eigenvalue weighted by Crippen LogP contribution is -2.18. The van der Waals surface area contributed by atoms with Crippen molar-refractivity contribution in [2.24, 2.45) is 0 Å². The van der Waals surface area contributed by atoms with Gasteiger partial charge in [-0.15, -0.1) is 0 Å². The predicted octanol–water partition coefficient (Wildman–Crippen LogP) is 3.80. The van der Waals surface area contributed by atoms with Crippen LogP contribution >= 0.6 is 0 Å². The van der Waals surface area contributed by atoms with Crippen LogP contribution in [0.5, 0.6) is 34.5 Å². The molecular formula is C29H29NO10. The summed E-state index contributed by atoms with van der Waals surface area (Å²) < 4.78 is 27.9. The smallest absolute Gasteiger partial charge is 0.306 e. The molecule has 2 aromatic carbocycles. The number of phenolic OH excluding ortho intramolecular Hbond substituents is 2. The molecule has 11 heteroatoms. The zero-order chi connectivity index (χ0) is 28.7. The molecule has 0 saturated heterocycles. The number of benzene rings is 2. The summed E-state index contributed by atoms with van der Waals surface area (Å²) in [6.45, 7) is 3.63. The number of pyridine rings is 1. The second-order valence-corrected chi connectivity index (χ2v) is 9.58. The van der Waals surface area contributed by atoms with E-state index in [2.05, 4.69) is 4.98 Å². The van der Waals surface area contributed by atoms with Gasteiger partial charge in [0.05, 0.1) is 38.5 Å². The van der Waals surface area contributed by atoms with E-state index in [0.29, 0.717) is 46.2 Å². The predicted molar refractivity (Wildman–Crippen MR) is 140 cm³/mol. The van der Waals surface area contributed by atoms with Crippen LogP contribution in [0.25, 0.3) is 0 Å². The summed E-state index contributed by atoms with van der Waals surface area (Å²) in [4.78, 5) is 29.5. The Balaban J connectivity index is 1.76. The van der Waals surface area contributed by atoms with Gasteiger partial charge in [-0.3, -0.25) is 14.6 Å². The summed E-state index contributed by atoms with van der Waals surface area (Å²) >= 11 is 0. The molecule has 3 N–H and O–H groups in total. The van der Waals surface area contributed by atoms with Crippen LogP contribution in [0.15, 0.2) is 24.4 Å². The minimum atomic E-state index is -1.01. The van der Waals surface area contributed by atoms with Gasteiger partial charge in [-0.25, -0.2) is 0 Å². The van der Waals surface area contributed by atoms with Gasteiger partial charge in [0.2, 0.25) is 5.75 Å². The van der Waals surface area contributed by atoms with Crippen LogP contribution in [-0.4, -0.2) is 59.5 Å². The highest BCUT2D eigenvalue weighted by Crippen LogP contribution is 2.52. The first-order chi connectivity index (χ1) is 19.2. The number of carbonyl (C=O) groups is 2. The Labute approximate surface area is 229 Å². The Kier molecular flexibility index (Phi) is 7.16. The monoisotopic (exact) mass is 551 g/mol. The second-order valence-electron chi connectivity index (χ2n) is 9.58. The number of fused-ring (bicyclic) bond motifs is 2. The average molecular weight is 552 g/mol. The lowest BCUT2D eigenvalue weighted by Gasteiger charge is -2.26. The van der Waals surface area contributed by atoms with Gasteiger partial charge >= 0.3 is 5.97 Å². The minimum Gasteiger partial charge on any atom is -0.507 e. The van der Waals surface area contributed by atoms with E-state index in [0.717, 1.165) is 0 Å². The van der Waals surface area contributed by atoms with E-state index in [-0.39, 0.29) is 42.1 Å². The molecule has 2 aliphatic heterocycles. The normalized spacial score (nSPS) is 16.2. The number of ketones is 1. The van der Waals surface area contributed by atoms with Crippen LogP contribution in [-0.2, 0) is 20.9 Å². The molecule has 0 bridgehead atoms. The largest absolute Gasteiger partial charge is 0.507 e. The maximum atomic E-state index is 12.7. The number of Topliss-reactive ketones (excluding diaryl/α,β-unsaturated/α-hetero) is 1. The summed E-state index contributed by atoms with van der Waals surface area (Å²) in [6, 6.07) is 4.58. The number of esters is 1. The van der Waals surface area contributed by atoms with Crippen molar-refractivity contribution >= 4 is 11.8 Å². The van der Waals surface area contributed by atoms with Crippen LogP contribution in [0, 0.1) is 6.92 Å². The summed E-state index contributed by atoms with van der Waals surface area (Å²) in [5.41, 5.74) is 1.77. The molecule has 0 radical (unpaired) electrons.